The van der Waals surface area contributed by atoms with E-state index >= 15 is 0 Å². The van der Waals surface area contributed by atoms with Gasteiger partial charge in [0.1, 0.15) is 0 Å². The second kappa shape index (κ2) is 4.05. The lowest BCUT2D eigenvalue weighted by atomic mass is 10.5. The number of aromatic amines is 1. The Morgan fingerprint density at radius 3 is 3.13 bits per heavy atom. The summed E-state index contributed by atoms with van der Waals surface area (Å²) in [6.07, 6.45) is 6.30. The molecule has 6 nitrogen and oxygen atoms in total. The Kier molecular flexibility index (Phi) is 2.59. The number of nitrogens with zero attached hydrogens (tertiary/aromatic N) is 3. The van der Waals surface area contributed by atoms with E-state index in [1.807, 2.05) is 0 Å². The highest BCUT2D eigenvalue weighted by Crippen LogP contribution is 2.03. The molecule has 6 heteroatoms. The van der Waals surface area contributed by atoms with E-state index < -0.39 is 0 Å². The molecule has 0 saturated heterocycles. The predicted molar refractivity (Wildman–Crippen MR) is 54.4 cm³/mol. The van der Waals surface area contributed by atoms with E-state index in [0.29, 0.717) is 17.7 Å². The number of aliphatic hydroxyl groups excluding tert-OH is 1. The SMILES string of the molecule is O=c1[nH]cnc2c1ncn2C/C=C\CO. The molecule has 0 aliphatic rings. The molecule has 15 heavy (non-hydrogen) atoms. The largest absolute Gasteiger partial charge is 0.392 e. The Morgan fingerprint density at radius 1 is 1.47 bits per heavy atom. The number of aliphatic hydroxyl groups is 1. The molecule has 2 aromatic heterocycles. The molecule has 2 N–H and O–H groups in total. The standard InChI is InChI=1S/C9H10N4O2/c14-4-2-1-3-13-6-12-7-8(13)10-5-11-9(7)15/h1-2,5-6,14H,3-4H2,(H,10,11,15)/b2-1-. The lowest BCUT2D eigenvalue weighted by Gasteiger charge is -1.96. The van der Waals surface area contributed by atoms with Gasteiger partial charge in [-0.05, 0) is 0 Å². The first-order valence-corrected chi connectivity index (χ1v) is 4.47. The van der Waals surface area contributed by atoms with Crippen molar-refractivity contribution < 1.29 is 5.11 Å². The number of H-pyrrole nitrogens is 1. The van der Waals surface area contributed by atoms with Crippen LogP contribution in [0.1, 0.15) is 0 Å². The summed E-state index contributed by atoms with van der Waals surface area (Å²) in [5.74, 6) is 0. The molecule has 2 aromatic rings. The van der Waals surface area contributed by atoms with E-state index in [1.54, 1.807) is 23.0 Å². The van der Waals surface area contributed by atoms with E-state index in [0.717, 1.165) is 0 Å². The highest BCUT2D eigenvalue weighted by atomic mass is 16.2. The zero-order valence-corrected chi connectivity index (χ0v) is 7.92. The first-order valence-electron chi connectivity index (χ1n) is 4.47. The first-order chi connectivity index (χ1) is 7.33. The lowest BCUT2D eigenvalue weighted by molar-refractivity contribution is 0.342. The Hall–Kier alpha value is -1.95. The zero-order chi connectivity index (χ0) is 10.7. The van der Waals surface area contributed by atoms with Crippen molar-refractivity contribution in [2.24, 2.45) is 0 Å². The van der Waals surface area contributed by atoms with E-state index in [2.05, 4.69) is 15.0 Å². The third-order valence-corrected chi connectivity index (χ3v) is 1.98. The topological polar surface area (TPSA) is 83.8 Å². The molecule has 0 bridgehead atoms. The van der Waals surface area contributed by atoms with Crippen LogP contribution in [0.15, 0.2) is 29.6 Å². The van der Waals surface area contributed by atoms with Gasteiger partial charge in [-0.25, -0.2) is 9.97 Å². The van der Waals surface area contributed by atoms with Gasteiger partial charge in [0.05, 0.1) is 19.3 Å². The lowest BCUT2D eigenvalue weighted by Crippen LogP contribution is -2.07. The molecule has 0 radical (unpaired) electrons. The summed E-state index contributed by atoms with van der Waals surface area (Å²) in [5, 5.41) is 8.57. The number of hydrogen-bond donors (Lipinski definition) is 2. The van der Waals surface area contributed by atoms with Crippen LogP contribution >= 0.6 is 0 Å². The average molecular weight is 206 g/mol. The van der Waals surface area contributed by atoms with E-state index in [9.17, 15) is 4.79 Å². The van der Waals surface area contributed by atoms with Crippen LogP contribution in [0.4, 0.5) is 0 Å². The fourth-order valence-electron chi connectivity index (χ4n) is 1.29. The minimum Gasteiger partial charge on any atom is -0.392 e. The quantitative estimate of drug-likeness (QED) is 0.673. The summed E-state index contributed by atoms with van der Waals surface area (Å²) in [7, 11) is 0. The molecule has 0 unspecified atom stereocenters. The maximum atomic E-state index is 11.3. The molecular weight excluding hydrogens is 196 g/mol. The monoisotopic (exact) mass is 206 g/mol. The number of fused-ring (bicyclic) bond motifs is 1. The van der Waals surface area contributed by atoms with Gasteiger partial charge in [-0.2, -0.15) is 0 Å². The third-order valence-electron chi connectivity index (χ3n) is 1.98. The molecule has 0 aromatic carbocycles. The van der Waals surface area contributed by atoms with Gasteiger partial charge < -0.3 is 14.7 Å². The number of aromatic nitrogens is 4. The third kappa shape index (κ3) is 1.79. The zero-order valence-electron chi connectivity index (χ0n) is 7.92. The minimum atomic E-state index is -0.245. The Labute approximate surface area is 84.9 Å². The summed E-state index contributed by atoms with van der Waals surface area (Å²) in [5.41, 5.74) is 0.626. The molecule has 0 atom stereocenters. The second-order valence-corrected chi connectivity index (χ2v) is 2.95. The van der Waals surface area contributed by atoms with Crippen molar-refractivity contribution in [3.8, 4) is 0 Å². The van der Waals surface area contributed by atoms with Crippen LogP contribution in [-0.2, 0) is 6.54 Å². The highest BCUT2D eigenvalue weighted by Gasteiger charge is 2.04. The number of rotatable bonds is 3. The van der Waals surface area contributed by atoms with Gasteiger partial charge in [0, 0.05) is 6.54 Å². The van der Waals surface area contributed by atoms with Crippen molar-refractivity contribution in [3.05, 3.63) is 35.2 Å². The van der Waals surface area contributed by atoms with Crippen LogP contribution in [0.25, 0.3) is 11.2 Å². The van der Waals surface area contributed by atoms with Crippen molar-refractivity contribution in [3.63, 3.8) is 0 Å². The molecule has 2 heterocycles. The normalized spacial score (nSPS) is 11.5. The highest BCUT2D eigenvalue weighted by molar-refractivity contribution is 5.68. The van der Waals surface area contributed by atoms with Crippen molar-refractivity contribution in [1.82, 2.24) is 19.5 Å². The Balaban J connectivity index is 2.41. The maximum absolute atomic E-state index is 11.3. The van der Waals surface area contributed by atoms with Crippen LogP contribution in [0.3, 0.4) is 0 Å². The van der Waals surface area contributed by atoms with Gasteiger partial charge in [-0.3, -0.25) is 4.79 Å². The first kappa shape index (κ1) is 9.60. The summed E-state index contributed by atoms with van der Waals surface area (Å²) in [6.45, 7) is 0.536. The summed E-state index contributed by atoms with van der Waals surface area (Å²) in [4.78, 5) is 21.7. The van der Waals surface area contributed by atoms with Crippen LogP contribution in [0, 0.1) is 0 Å². The van der Waals surface area contributed by atoms with E-state index in [1.165, 1.54) is 6.33 Å². The fraction of sp³-hybridized carbons (Fsp3) is 0.222. The van der Waals surface area contributed by atoms with Crippen molar-refractivity contribution in [1.29, 1.82) is 0 Å². The van der Waals surface area contributed by atoms with Gasteiger partial charge >= 0.3 is 0 Å². The molecule has 0 aliphatic carbocycles. The Morgan fingerprint density at radius 2 is 2.33 bits per heavy atom. The van der Waals surface area contributed by atoms with Crippen molar-refractivity contribution in [2.45, 2.75) is 6.54 Å². The number of hydrogen-bond acceptors (Lipinski definition) is 4. The number of imidazole rings is 1. The van der Waals surface area contributed by atoms with Gasteiger partial charge in [0.2, 0.25) is 0 Å². The molecule has 0 saturated carbocycles. The van der Waals surface area contributed by atoms with Crippen LogP contribution in [0.2, 0.25) is 0 Å². The second-order valence-electron chi connectivity index (χ2n) is 2.95. The van der Waals surface area contributed by atoms with Gasteiger partial charge in [0.15, 0.2) is 11.2 Å². The summed E-state index contributed by atoms with van der Waals surface area (Å²) in [6, 6.07) is 0. The Bertz CT molecular complexity index is 540. The van der Waals surface area contributed by atoms with E-state index in [-0.39, 0.29) is 12.2 Å². The summed E-state index contributed by atoms with van der Waals surface area (Å²) < 4.78 is 1.73. The molecule has 0 aliphatic heterocycles. The smallest absolute Gasteiger partial charge is 0.278 e. The van der Waals surface area contributed by atoms with Gasteiger partial charge in [0.25, 0.3) is 5.56 Å². The minimum absolute atomic E-state index is 0.000636. The molecule has 0 fully saturated rings. The van der Waals surface area contributed by atoms with Crippen molar-refractivity contribution >= 4 is 11.2 Å². The number of allylic oxidation sites excluding steroid dienone is 1. The van der Waals surface area contributed by atoms with E-state index in [4.69, 9.17) is 5.11 Å². The van der Waals surface area contributed by atoms with Crippen LogP contribution in [0.5, 0.6) is 0 Å². The van der Waals surface area contributed by atoms with Gasteiger partial charge in [-0.15, -0.1) is 0 Å². The fourth-order valence-corrected chi connectivity index (χ4v) is 1.29. The van der Waals surface area contributed by atoms with Crippen LogP contribution in [-0.4, -0.2) is 31.2 Å². The maximum Gasteiger partial charge on any atom is 0.278 e. The van der Waals surface area contributed by atoms with Gasteiger partial charge in [-0.1, -0.05) is 12.2 Å². The van der Waals surface area contributed by atoms with Crippen LogP contribution < -0.4 is 5.56 Å². The molecule has 2 rings (SSSR count). The predicted octanol–water partition coefficient (Wildman–Crippen LogP) is -0.332. The molecule has 0 amide bonds. The molecular formula is C9H10N4O2. The number of nitrogens with one attached hydrogen (secondary N) is 1. The van der Waals surface area contributed by atoms with Crippen molar-refractivity contribution in [2.75, 3.05) is 6.61 Å². The molecule has 0 spiro atoms. The molecule has 78 valence electrons. The summed E-state index contributed by atoms with van der Waals surface area (Å²) >= 11 is 0. The average Bonchev–Trinajstić information content (AvgIpc) is 2.64.